The number of sulfonamides is 1. The van der Waals surface area contributed by atoms with Crippen LogP contribution in [0.4, 0.5) is 11.4 Å². The lowest BCUT2D eigenvalue weighted by Crippen LogP contribution is -2.34. The highest BCUT2D eigenvalue weighted by molar-refractivity contribution is 9.10. The fourth-order valence-corrected chi connectivity index (χ4v) is 4.70. The van der Waals surface area contributed by atoms with E-state index in [2.05, 4.69) is 20.7 Å². The highest BCUT2D eigenvalue weighted by atomic mass is 79.9. The molecule has 5 nitrogen and oxygen atoms in total. The van der Waals surface area contributed by atoms with Crippen molar-refractivity contribution in [3.8, 4) is 0 Å². The van der Waals surface area contributed by atoms with E-state index in [0.717, 1.165) is 21.3 Å². The third kappa shape index (κ3) is 4.36. The minimum Gasteiger partial charge on any atom is -0.308 e. The summed E-state index contributed by atoms with van der Waals surface area (Å²) in [7, 11) is -3.68. The second-order valence-electron chi connectivity index (χ2n) is 6.87. The van der Waals surface area contributed by atoms with Crippen LogP contribution < -0.4 is 9.62 Å². The molecule has 0 aliphatic carbocycles. The fourth-order valence-electron chi connectivity index (χ4n) is 3.39. The first-order chi connectivity index (χ1) is 13.9. The lowest BCUT2D eigenvalue weighted by Gasteiger charge is -2.30. The van der Waals surface area contributed by atoms with E-state index < -0.39 is 10.0 Å². The normalized spacial score (nSPS) is 13.8. The molecule has 1 N–H and O–H groups in total. The van der Waals surface area contributed by atoms with Crippen LogP contribution in [0, 0.1) is 0 Å². The number of carbonyl (C=O) groups is 1. The van der Waals surface area contributed by atoms with Gasteiger partial charge < -0.3 is 4.90 Å². The molecule has 7 heteroatoms. The van der Waals surface area contributed by atoms with Gasteiger partial charge in [-0.1, -0.05) is 46.3 Å². The molecule has 1 aliphatic heterocycles. The van der Waals surface area contributed by atoms with Gasteiger partial charge in [0.2, 0.25) is 5.91 Å². The second kappa shape index (κ2) is 8.00. The predicted molar refractivity (Wildman–Crippen MR) is 117 cm³/mol. The van der Waals surface area contributed by atoms with Gasteiger partial charge in [0.1, 0.15) is 0 Å². The summed E-state index contributed by atoms with van der Waals surface area (Å²) in [5.41, 5.74) is 3.32. The summed E-state index contributed by atoms with van der Waals surface area (Å²) in [5.74, 6) is 0.0737. The summed E-state index contributed by atoms with van der Waals surface area (Å²) in [6, 6.07) is 21.6. The molecule has 0 unspecified atom stereocenters. The van der Waals surface area contributed by atoms with E-state index in [1.807, 2.05) is 42.5 Å². The molecule has 1 aliphatic rings. The van der Waals surface area contributed by atoms with Crippen LogP contribution in [0.5, 0.6) is 0 Å². The standard InChI is InChI=1S/C22H19BrN2O3S/c23-18-7-10-20(11-8-18)29(27,28)24-19-9-12-21-17(14-19)6-13-22(26)25(21)15-16-4-2-1-3-5-16/h1-5,7-12,14,24H,6,13,15H2. The van der Waals surface area contributed by atoms with Crippen LogP contribution in [0.2, 0.25) is 0 Å². The average Bonchev–Trinajstić information content (AvgIpc) is 2.71. The van der Waals surface area contributed by atoms with Crippen LogP contribution in [-0.4, -0.2) is 14.3 Å². The van der Waals surface area contributed by atoms with E-state index in [9.17, 15) is 13.2 Å². The van der Waals surface area contributed by atoms with Crippen molar-refractivity contribution >= 4 is 43.2 Å². The van der Waals surface area contributed by atoms with Crippen molar-refractivity contribution in [1.29, 1.82) is 0 Å². The number of hydrogen-bond acceptors (Lipinski definition) is 3. The Kier molecular flexibility index (Phi) is 5.43. The van der Waals surface area contributed by atoms with Gasteiger partial charge in [-0.15, -0.1) is 0 Å². The van der Waals surface area contributed by atoms with Gasteiger partial charge in [-0.3, -0.25) is 9.52 Å². The lowest BCUT2D eigenvalue weighted by atomic mass is 10.00. The number of benzene rings is 3. The van der Waals surface area contributed by atoms with Gasteiger partial charge >= 0.3 is 0 Å². The number of nitrogens with one attached hydrogen (secondary N) is 1. The SMILES string of the molecule is O=C1CCc2cc(NS(=O)(=O)c3ccc(Br)cc3)ccc2N1Cc1ccccc1. The van der Waals surface area contributed by atoms with Crippen molar-refractivity contribution in [2.45, 2.75) is 24.3 Å². The van der Waals surface area contributed by atoms with Crippen molar-refractivity contribution in [3.05, 3.63) is 88.4 Å². The zero-order valence-electron chi connectivity index (χ0n) is 15.5. The van der Waals surface area contributed by atoms with Gasteiger partial charge in [0, 0.05) is 22.3 Å². The Balaban J connectivity index is 1.60. The number of amides is 1. The Hall–Kier alpha value is -2.64. The Morgan fingerprint density at radius 3 is 2.38 bits per heavy atom. The number of halogens is 1. The molecule has 0 saturated carbocycles. The molecule has 0 radical (unpaired) electrons. The van der Waals surface area contributed by atoms with E-state index >= 15 is 0 Å². The van der Waals surface area contributed by atoms with Gasteiger partial charge in [-0.05, 0) is 60.0 Å². The molecule has 148 valence electrons. The third-order valence-corrected chi connectivity index (χ3v) is 6.77. The molecule has 0 atom stereocenters. The maximum atomic E-state index is 12.6. The zero-order chi connectivity index (χ0) is 20.4. The van der Waals surface area contributed by atoms with Crippen LogP contribution >= 0.6 is 15.9 Å². The Morgan fingerprint density at radius 1 is 0.931 bits per heavy atom. The molecule has 3 aromatic rings. The highest BCUT2D eigenvalue weighted by Crippen LogP contribution is 2.32. The summed E-state index contributed by atoms with van der Waals surface area (Å²) < 4.78 is 28.7. The predicted octanol–water partition coefficient (Wildman–Crippen LogP) is 4.73. The highest BCUT2D eigenvalue weighted by Gasteiger charge is 2.25. The molecular formula is C22H19BrN2O3S. The van der Waals surface area contributed by atoms with Crippen LogP contribution in [-0.2, 0) is 27.8 Å². The molecule has 29 heavy (non-hydrogen) atoms. The first-order valence-corrected chi connectivity index (χ1v) is 11.5. The van der Waals surface area contributed by atoms with Crippen LogP contribution in [0.1, 0.15) is 17.5 Å². The molecule has 0 spiro atoms. The minimum absolute atomic E-state index is 0.0737. The molecule has 0 aromatic heterocycles. The topological polar surface area (TPSA) is 66.5 Å². The Bertz CT molecular complexity index is 1150. The molecule has 3 aromatic carbocycles. The summed E-state index contributed by atoms with van der Waals surface area (Å²) in [6.07, 6.45) is 0.996. The van der Waals surface area contributed by atoms with E-state index in [-0.39, 0.29) is 10.8 Å². The molecule has 4 rings (SSSR count). The molecule has 0 fully saturated rings. The maximum absolute atomic E-state index is 12.6. The number of hydrogen-bond donors (Lipinski definition) is 1. The van der Waals surface area contributed by atoms with Crippen molar-refractivity contribution in [3.63, 3.8) is 0 Å². The summed E-state index contributed by atoms with van der Waals surface area (Å²) >= 11 is 3.31. The maximum Gasteiger partial charge on any atom is 0.261 e. The average molecular weight is 471 g/mol. The minimum atomic E-state index is -3.68. The number of aryl methyl sites for hydroxylation is 1. The molecule has 0 bridgehead atoms. The van der Waals surface area contributed by atoms with Crippen LogP contribution in [0.3, 0.4) is 0 Å². The molecule has 0 saturated heterocycles. The van der Waals surface area contributed by atoms with Crippen molar-refractivity contribution < 1.29 is 13.2 Å². The third-order valence-electron chi connectivity index (χ3n) is 4.84. The monoisotopic (exact) mass is 470 g/mol. The van der Waals surface area contributed by atoms with Gasteiger partial charge in [-0.2, -0.15) is 0 Å². The second-order valence-corrected chi connectivity index (χ2v) is 9.47. The van der Waals surface area contributed by atoms with E-state index in [0.29, 0.717) is 25.1 Å². The summed E-state index contributed by atoms with van der Waals surface area (Å²) in [5, 5.41) is 0. The smallest absolute Gasteiger partial charge is 0.261 e. The quantitative estimate of drug-likeness (QED) is 0.585. The van der Waals surface area contributed by atoms with Crippen molar-refractivity contribution in [2.75, 3.05) is 9.62 Å². The van der Waals surface area contributed by atoms with Gasteiger partial charge in [-0.25, -0.2) is 8.42 Å². The largest absolute Gasteiger partial charge is 0.308 e. The van der Waals surface area contributed by atoms with Gasteiger partial charge in [0.25, 0.3) is 10.0 Å². The zero-order valence-corrected chi connectivity index (χ0v) is 17.9. The van der Waals surface area contributed by atoms with Gasteiger partial charge in [0.15, 0.2) is 0 Å². The number of fused-ring (bicyclic) bond motifs is 1. The van der Waals surface area contributed by atoms with Crippen molar-refractivity contribution in [1.82, 2.24) is 0 Å². The lowest BCUT2D eigenvalue weighted by molar-refractivity contribution is -0.119. The number of rotatable bonds is 5. The first-order valence-electron chi connectivity index (χ1n) is 9.18. The summed E-state index contributed by atoms with van der Waals surface area (Å²) in [6.45, 7) is 0.497. The molecule has 1 amide bonds. The van der Waals surface area contributed by atoms with Crippen LogP contribution in [0.15, 0.2) is 82.2 Å². The fraction of sp³-hybridized carbons (Fsp3) is 0.136. The Morgan fingerprint density at radius 2 is 1.66 bits per heavy atom. The van der Waals surface area contributed by atoms with Gasteiger partial charge in [0.05, 0.1) is 11.4 Å². The van der Waals surface area contributed by atoms with E-state index in [4.69, 9.17) is 0 Å². The molecular weight excluding hydrogens is 452 g/mol. The number of nitrogens with zero attached hydrogens (tertiary/aromatic N) is 1. The first kappa shape index (κ1) is 19.7. The van der Waals surface area contributed by atoms with E-state index in [1.165, 1.54) is 0 Å². The molecule has 1 heterocycles. The van der Waals surface area contributed by atoms with E-state index in [1.54, 1.807) is 35.2 Å². The summed E-state index contributed by atoms with van der Waals surface area (Å²) in [4.78, 5) is 14.5. The van der Waals surface area contributed by atoms with Crippen molar-refractivity contribution in [2.24, 2.45) is 0 Å². The van der Waals surface area contributed by atoms with Crippen LogP contribution in [0.25, 0.3) is 0 Å². The number of anilines is 2. The number of carbonyl (C=O) groups excluding carboxylic acids is 1. The Labute approximate surface area is 178 Å².